The van der Waals surface area contributed by atoms with Gasteiger partial charge in [-0.1, -0.05) is 11.6 Å². The van der Waals surface area contributed by atoms with E-state index < -0.39 is 29.5 Å². The molecular formula is C18H23ClF2N4O2. The minimum atomic E-state index is -0.797. The molecule has 0 aliphatic rings. The maximum absolute atomic E-state index is 14.8. The number of nitrogens with zero attached hydrogens (tertiary/aromatic N) is 4. The Bertz CT molecular complexity index is 877. The van der Waals surface area contributed by atoms with Crippen molar-refractivity contribution >= 4 is 17.7 Å². The lowest BCUT2D eigenvalue weighted by atomic mass is 10.0. The number of halogens is 3. The van der Waals surface area contributed by atoms with E-state index in [0.29, 0.717) is 5.69 Å². The predicted octanol–water partition coefficient (Wildman–Crippen LogP) is 4.65. The third-order valence-corrected chi connectivity index (χ3v) is 4.24. The fourth-order valence-electron chi connectivity index (χ4n) is 2.57. The second-order valence-electron chi connectivity index (χ2n) is 7.36. The lowest BCUT2D eigenvalue weighted by Gasteiger charge is -2.28. The number of amides is 1. The molecule has 2 aromatic heterocycles. The van der Waals surface area contributed by atoms with Crippen molar-refractivity contribution in [3.63, 3.8) is 0 Å². The molecule has 0 radical (unpaired) electrons. The Balaban J connectivity index is 2.54. The number of rotatable bonds is 3. The van der Waals surface area contributed by atoms with Crippen LogP contribution >= 0.6 is 11.6 Å². The Kier molecular flexibility index (Phi) is 5.79. The first kappa shape index (κ1) is 21.1. The summed E-state index contributed by atoms with van der Waals surface area (Å²) in [6.45, 7) is 8.45. The number of aryl methyl sites for hydroxylation is 2. The standard InChI is InChI=1S/C18H23ClF2N4O2/c1-9-8-11(13(20)15(19)22-9)14-12(16(21)25(7)23-14)10(2)24(6)17(26)27-18(3,4)5/h8,10H,1-7H3. The van der Waals surface area contributed by atoms with Gasteiger partial charge in [0.25, 0.3) is 0 Å². The van der Waals surface area contributed by atoms with Crippen LogP contribution in [0.3, 0.4) is 0 Å². The van der Waals surface area contributed by atoms with E-state index in [1.807, 2.05) is 0 Å². The third kappa shape index (κ3) is 4.37. The van der Waals surface area contributed by atoms with Gasteiger partial charge in [0.2, 0.25) is 5.95 Å². The highest BCUT2D eigenvalue weighted by atomic mass is 35.5. The van der Waals surface area contributed by atoms with Crippen LogP contribution in [0, 0.1) is 18.7 Å². The van der Waals surface area contributed by atoms with Crippen LogP contribution in [0.2, 0.25) is 5.15 Å². The summed E-state index contributed by atoms with van der Waals surface area (Å²) < 4.78 is 35.7. The summed E-state index contributed by atoms with van der Waals surface area (Å²) in [5.74, 6) is -1.48. The van der Waals surface area contributed by atoms with Crippen molar-refractivity contribution < 1.29 is 18.3 Å². The quantitative estimate of drug-likeness (QED) is 0.703. The van der Waals surface area contributed by atoms with Crippen LogP contribution in [-0.4, -0.2) is 38.4 Å². The normalized spacial score (nSPS) is 12.8. The van der Waals surface area contributed by atoms with Gasteiger partial charge in [-0.2, -0.15) is 9.49 Å². The largest absolute Gasteiger partial charge is 0.444 e. The van der Waals surface area contributed by atoms with Gasteiger partial charge in [0.1, 0.15) is 11.3 Å². The average Bonchev–Trinajstić information content (AvgIpc) is 2.83. The third-order valence-electron chi connectivity index (χ3n) is 3.99. The number of hydrogen-bond acceptors (Lipinski definition) is 4. The van der Waals surface area contributed by atoms with Gasteiger partial charge >= 0.3 is 6.09 Å². The van der Waals surface area contributed by atoms with E-state index in [1.165, 1.54) is 25.1 Å². The number of aromatic nitrogens is 3. The minimum absolute atomic E-state index is 0.0199. The molecular weight excluding hydrogens is 378 g/mol. The molecule has 1 atom stereocenters. The summed E-state index contributed by atoms with van der Waals surface area (Å²) in [4.78, 5) is 17.4. The molecule has 1 amide bonds. The summed E-state index contributed by atoms with van der Waals surface area (Å²) in [6.07, 6.45) is -0.631. The average molecular weight is 401 g/mol. The Morgan fingerprint density at radius 3 is 2.52 bits per heavy atom. The number of ether oxygens (including phenoxy) is 1. The lowest BCUT2D eigenvalue weighted by Crippen LogP contribution is -2.36. The summed E-state index contributed by atoms with van der Waals surface area (Å²) in [6, 6.07) is 0.669. The number of carbonyl (C=O) groups excluding carboxylic acids is 1. The number of hydrogen-bond donors (Lipinski definition) is 0. The topological polar surface area (TPSA) is 60.2 Å². The number of pyridine rings is 1. The molecule has 2 aromatic rings. The molecule has 148 valence electrons. The van der Waals surface area contributed by atoms with Crippen LogP contribution in [0.5, 0.6) is 0 Å². The van der Waals surface area contributed by atoms with Crippen molar-refractivity contribution in [2.45, 2.75) is 46.3 Å². The fraction of sp³-hybridized carbons (Fsp3) is 0.500. The smallest absolute Gasteiger partial charge is 0.410 e. The van der Waals surface area contributed by atoms with E-state index in [4.69, 9.17) is 16.3 Å². The molecule has 0 aliphatic heterocycles. The van der Waals surface area contributed by atoms with Crippen LogP contribution in [-0.2, 0) is 11.8 Å². The van der Waals surface area contributed by atoms with Gasteiger partial charge < -0.3 is 9.64 Å². The Morgan fingerprint density at radius 1 is 1.37 bits per heavy atom. The molecule has 0 spiro atoms. The second kappa shape index (κ2) is 7.42. The summed E-state index contributed by atoms with van der Waals surface area (Å²) in [5.41, 5.74) is -0.106. The van der Waals surface area contributed by atoms with E-state index in [9.17, 15) is 13.6 Å². The molecule has 0 fully saturated rings. The van der Waals surface area contributed by atoms with Gasteiger partial charge in [-0.3, -0.25) is 0 Å². The molecule has 0 saturated carbocycles. The first-order chi connectivity index (χ1) is 12.3. The van der Waals surface area contributed by atoms with E-state index >= 15 is 0 Å². The van der Waals surface area contributed by atoms with Crippen molar-refractivity contribution in [2.75, 3.05) is 7.05 Å². The highest BCUT2D eigenvalue weighted by Gasteiger charge is 2.31. The van der Waals surface area contributed by atoms with E-state index in [1.54, 1.807) is 34.6 Å². The van der Waals surface area contributed by atoms with Crippen LogP contribution in [0.1, 0.15) is 45.0 Å². The van der Waals surface area contributed by atoms with Gasteiger partial charge in [0.15, 0.2) is 11.0 Å². The zero-order valence-electron chi connectivity index (χ0n) is 16.4. The molecule has 2 rings (SSSR count). The van der Waals surface area contributed by atoms with Gasteiger partial charge in [-0.25, -0.2) is 18.9 Å². The van der Waals surface area contributed by atoms with Crippen LogP contribution in [0.4, 0.5) is 13.6 Å². The predicted molar refractivity (Wildman–Crippen MR) is 98.5 cm³/mol. The Hall–Kier alpha value is -2.22. The van der Waals surface area contributed by atoms with Crippen LogP contribution in [0.25, 0.3) is 11.3 Å². The highest BCUT2D eigenvalue weighted by Crippen LogP contribution is 2.35. The maximum atomic E-state index is 14.8. The molecule has 27 heavy (non-hydrogen) atoms. The van der Waals surface area contributed by atoms with Crippen LogP contribution < -0.4 is 0 Å². The molecule has 0 aromatic carbocycles. The van der Waals surface area contributed by atoms with Gasteiger partial charge in [0, 0.05) is 25.4 Å². The first-order valence-corrected chi connectivity index (χ1v) is 8.72. The van der Waals surface area contributed by atoms with E-state index in [-0.39, 0.29) is 22.0 Å². The zero-order valence-corrected chi connectivity index (χ0v) is 17.1. The minimum Gasteiger partial charge on any atom is -0.444 e. The monoisotopic (exact) mass is 400 g/mol. The Labute approximate surface area is 162 Å². The molecule has 0 bridgehead atoms. The SMILES string of the molecule is Cc1cc(-c2nn(C)c(F)c2C(C)N(C)C(=O)OC(C)(C)C)c(F)c(Cl)n1. The summed E-state index contributed by atoms with van der Waals surface area (Å²) in [5, 5.41) is 3.77. The van der Waals surface area contributed by atoms with Gasteiger partial charge in [0.05, 0.1) is 11.6 Å². The molecule has 1 unspecified atom stereocenters. The molecule has 2 heterocycles. The van der Waals surface area contributed by atoms with Crippen LogP contribution in [0.15, 0.2) is 6.07 Å². The first-order valence-electron chi connectivity index (χ1n) is 8.34. The van der Waals surface area contributed by atoms with Gasteiger partial charge in [-0.15, -0.1) is 0 Å². The van der Waals surface area contributed by atoms with Crippen molar-refractivity contribution in [3.8, 4) is 11.3 Å². The van der Waals surface area contributed by atoms with E-state index in [0.717, 1.165) is 4.68 Å². The second-order valence-corrected chi connectivity index (χ2v) is 7.72. The van der Waals surface area contributed by atoms with Gasteiger partial charge in [-0.05, 0) is 40.7 Å². The Morgan fingerprint density at radius 2 is 1.96 bits per heavy atom. The number of carbonyl (C=O) groups is 1. The van der Waals surface area contributed by atoms with E-state index in [2.05, 4.69) is 10.1 Å². The summed E-state index contributed by atoms with van der Waals surface area (Å²) in [7, 11) is 2.88. The molecule has 6 nitrogen and oxygen atoms in total. The lowest BCUT2D eigenvalue weighted by molar-refractivity contribution is 0.0232. The molecule has 9 heteroatoms. The van der Waals surface area contributed by atoms with Crippen molar-refractivity contribution in [1.29, 1.82) is 0 Å². The van der Waals surface area contributed by atoms with Crippen molar-refractivity contribution in [2.24, 2.45) is 7.05 Å². The zero-order chi connectivity index (χ0) is 20.7. The molecule has 0 saturated heterocycles. The van der Waals surface area contributed by atoms with Crippen molar-refractivity contribution in [3.05, 3.63) is 34.2 Å². The maximum Gasteiger partial charge on any atom is 0.410 e. The fourth-order valence-corrected chi connectivity index (χ4v) is 2.80. The van der Waals surface area contributed by atoms with Crippen molar-refractivity contribution in [1.82, 2.24) is 19.7 Å². The molecule has 0 N–H and O–H groups in total. The molecule has 0 aliphatic carbocycles. The summed E-state index contributed by atoms with van der Waals surface area (Å²) >= 11 is 5.83. The highest BCUT2D eigenvalue weighted by molar-refractivity contribution is 6.29.